The van der Waals surface area contributed by atoms with Crippen molar-refractivity contribution in [3.8, 4) is 0 Å². The monoisotopic (exact) mass is 339 g/mol. The van der Waals surface area contributed by atoms with E-state index in [1.807, 2.05) is 13.8 Å². The van der Waals surface area contributed by atoms with Crippen molar-refractivity contribution < 1.29 is 9.90 Å². The molecule has 0 heterocycles. The summed E-state index contributed by atoms with van der Waals surface area (Å²) in [4.78, 5) is 10.3. The molecule has 0 fully saturated rings. The number of carboxylic acid groups (broad SMARTS) is 1. The molecule has 0 saturated carbocycles. The van der Waals surface area contributed by atoms with Crippen LogP contribution in [0.25, 0.3) is 0 Å². The Bertz CT molecular complexity index is 306. The van der Waals surface area contributed by atoms with E-state index in [0.717, 1.165) is 25.7 Å². The van der Waals surface area contributed by atoms with Gasteiger partial charge in [0.15, 0.2) is 0 Å². The Balaban J connectivity index is 0. The fourth-order valence-corrected chi connectivity index (χ4v) is 2.09. The first-order valence-corrected chi connectivity index (χ1v) is 9.78. The van der Waals surface area contributed by atoms with Gasteiger partial charge in [-0.1, -0.05) is 77.2 Å². The molecule has 142 valence electrons. The average molecular weight is 340 g/mol. The molecule has 3 heteroatoms. The molecule has 3 N–H and O–H groups in total. The first kappa shape index (κ1) is 25.2. The van der Waals surface area contributed by atoms with Crippen LogP contribution in [0.4, 0.5) is 0 Å². The number of allylic oxidation sites excluding steroid dienone is 4. The molecule has 0 saturated heterocycles. The minimum atomic E-state index is -0.671. The van der Waals surface area contributed by atoms with Crippen LogP contribution in [0.5, 0.6) is 0 Å². The van der Waals surface area contributed by atoms with Crippen molar-refractivity contribution in [1.82, 2.24) is 0 Å². The highest BCUT2D eigenvalue weighted by Gasteiger charge is 1.95. The second kappa shape index (κ2) is 21.9. The fraction of sp³-hybridized carbons (Fsp3) is 0.762. The third-order valence-electron chi connectivity index (χ3n) is 3.34. The molecule has 0 aromatic rings. The number of aliphatic carboxylic acids is 1. The third kappa shape index (κ3) is 32.7. The highest BCUT2D eigenvalue weighted by molar-refractivity contribution is 5.66. The summed E-state index contributed by atoms with van der Waals surface area (Å²) in [5.74, 6) is -0.671. The van der Waals surface area contributed by atoms with Crippen LogP contribution >= 0.6 is 0 Å². The van der Waals surface area contributed by atoms with Crippen LogP contribution in [0.1, 0.15) is 97.8 Å². The topological polar surface area (TPSA) is 63.3 Å². The van der Waals surface area contributed by atoms with Gasteiger partial charge in [0.25, 0.3) is 0 Å². The van der Waals surface area contributed by atoms with Crippen LogP contribution in [-0.2, 0) is 4.79 Å². The lowest BCUT2D eigenvalue weighted by Crippen LogP contribution is -2.06. The second-order valence-corrected chi connectivity index (χ2v) is 6.62. The Morgan fingerprint density at radius 3 is 1.83 bits per heavy atom. The van der Waals surface area contributed by atoms with Gasteiger partial charge in [-0.05, 0) is 44.6 Å². The van der Waals surface area contributed by atoms with E-state index in [2.05, 4.69) is 31.2 Å². The molecule has 0 radical (unpaired) electrons. The summed E-state index contributed by atoms with van der Waals surface area (Å²) < 4.78 is 0. The van der Waals surface area contributed by atoms with Crippen LogP contribution < -0.4 is 5.73 Å². The summed E-state index contributed by atoms with van der Waals surface area (Å²) in [6, 6.07) is 0.333. The van der Waals surface area contributed by atoms with E-state index in [9.17, 15) is 4.79 Å². The Labute approximate surface area is 150 Å². The maximum absolute atomic E-state index is 10.3. The van der Waals surface area contributed by atoms with Crippen LogP contribution in [0.3, 0.4) is 0 Å². The highest BCUT2D eigenvalue weighted by Crippen LogP contribution is 2.08. The Kier molecular flexibility index (Phi) is 23.0. The molecule has 0 aliphatic carbocycles. The molecule has 3 nitrogen and oxygen atoms in total. The number of carbonyl (C=O) groups is 1. The van der Waals surface area contributed by atoms with Gasteiger partial charge in [-0.3, -0.25) is 4.79 Å². The Morgan fingerprint density at radius 2 is 1.33 bits per heavy atom. The molecule has 0 aliphatic rings. The number of rotatable bonds is 14. The van der Waals surface area contributed by atoms with Crippen molar-refractivity contribution in [3.05, 3.63) is 24.3 Å². The van der Waals surface area contributed by atoms with Crippen molar-refractivity contribution in [3.63, 3.8) is 0 Å². The number of nitrogens with two attached hydrogens (primary N) is 1. The summed E-state index contributed by atoms with van der Waals surface area (Å²) in [5, 5.41) is 8.50. The van der Waals surface area contributed by atoms with Crippen LogP contribution in [0, 0.1) is 0 Å². The summed E-state index contributed by atoms with van der Waals surface area (Å²) in [6.07, 6.45) is 22.3. The molecule has 0 bridgehead atoms. The minimum absolute atomic E-state index is 0.324. The maximum Gasteiger partial charge on any atom is 0.303 e. The zero-order valence-electron chi connectivity index (χ0n) is 16.3. The second-order valence-electron chi connectivity index (χ2n) is 6.62. The van der Waals surface area contributed by atoms with Gasteiger partial charge in [-0.25, -0.2) is 0 Å². The SMILES string of the molecule is CC(C)N.CCCCC/C=C\C/C=C\CCCCCCCC(=O)O. The van der Waals surface area contributed by atoms with Gasteiger partial charge in [0.05, 0.1) is 0 Å². The lowest BCUT2D eigenvalue weighted by atomic mass is 10.1. The van der Waals surface area contributed by atoms with Crippen molar-refractivity contribution in [2.24, 2.45) is 5.73 Å². The normalized spacial score (nSPS) is 11.2. The van der Waals surface area contributed by atoms with E-state index in [4.69, 9.17) is 10.8 Å². The molecule has 24 heavy (non-hydrogen) atoms. The standard InChI is InChI=1S/C18H32O2.C3H9N/c1-2-3-4-5-6-7-8-9-10-11-12-13-14-15-16-17-18(19)20;1-3(2)4/h6-7,9-10H,2-5,8,11-17H2,1H3,(H,19,20);3H,4H2,1-2H3/b7-6-,10-9-;. The van der Waals surface area contributed by atoms with E-state index >= 15 is 0 Å². The van der Waals surface area contributed by atoms with Gasteiger partial charge < -0.3 is 10.8 Å². The van der Waals surface area contributed by atoms with E-state index in [1.165, 1.54) is 44.9 Å². The lowest BCUT2D eigenvalue weighted by molar-refractivity contribution is -0.137. The number of carboxylic acids is 1. The number of unbranched alkanes of at least 4 members (excludes halogenated alkanes) is 8. The zero-order valence-corrected chi connectivity index (χ0v) is 16.3. The van der Waals surface area contributed by atoms with Crippen LogP contribution in [-0.4, -0.2) is 17.1 Å². The summed E-state index contributed by atoms with van der Waals surface area (Å²) in [7, 11) is 0. The van der Waals surface area contributed by atoms with Crippen LogP contribution in [0.15, 0.2) is 24.3 Å². The maximum atomic E-state index is 10.3. The predicted molar refractivity (Wildman–Crippen MR) is 106 cm³/mol. The quantitative estimate of drug-likeness (QED) is 0.291. The highest BCUT2D eigenvalue weighted by atomic mass is 16.4. The van der Waals surface area contributed by atoms with Crippen LogP contribution in [0.2, 0.25) is 0 Å². The van der Waals surface area contributed by atoms with Gasteiger partial charge in [-0.15, -0.1) is 0 Å². The van der Waals surface area contributed by atoms with Crippen molar-refractivity contribution >= 4 is 5.97 Å². The van der Waals surface area contributed by atoms with Gasteiger partial charge in [0.2, 0.25) is 0 Å². The summed E-state index contributed by atoms with van der Waals surface area (Å²) in [6.45, 7) is 6.12. The van der Waals surface area contributed by atoms with E-state index < -0.39 is 5.97 Å². The van der Waals surface area contributed by atoms with E-state index in [1.54, 1.807) is 0 Å². The summed E-state index contributed by atoms with van der Waals surface area (Å²) in [5.41, 5.74) is 5.11. The molecular weight excluding hydrogens is 298 g/mol. The first-order chi connectivity index (χ1) is 11.5. The number of hydrogen-bond donors (Lipinski definition) is 2. The fourth-order valence-electron chi connectivity index (χ4n) is 2.09. The number of hydrogen-bond acceptors (Lipinski definition) is 2. The molecule has 0 amide bonds. The van der Waals surface area contributed by atoms with Crippen molar-refractivity contribution in [2.75, 3.05) is 0 Å². The van der Waals surface area contributed by atoms with E-state index in [-0.39, 0.29) is 0 Å². The minimum Gasteiger partial charge on any atom is -0.481 e. The molecule has 0 aromatic heterocycles. The Morgan fingerprint density at radius 1 is 0.875 bits per heavy atom. The zero-order chi connectivity index (χ0) is 18.5. The van der Waals surface area contributed by atoms with Gasteiger partial charge in [-0.2, -0.15) is 0 Å². The first-order valence-electron chi connectivity index (χ1n) is 9.78. The van der Waals surface area contributed by atoms with Gasteiger partial charge in [0.1, 0.15) is 0 Å². The average Bonchev–Trinajstić information content (AvgIpc) is 2.50. The molecule has 0 unspecified atom stereocenters. The van der Waals surface area contributed by atoms with Gasteiger partial charge >= 0.3 is 5.97 Å². The Hall–Kier alpha value is -1.09. The molecule has 0 rings (SSSR count). The molecule has 0 atom stereocenters. The van der Waals surface area contributed by atoms with E-state index in [0.29, 0.717) is 12.5 Å². The molecular formula is C21H41NO2. The van der Waals surface area contributed by atoms with Crippen molar-refractivity contribution in [2.45, 2.75) is 104 Å². The molecule has 0 spiro atoms. The van der Waals surface area contributed by atoms with Crippen molar-refractivity contribution in [1.29, 1.82) is 0 Å². The third-order valence-corrected chi connectivity index (χ3v) is 3.34. The smallest absolute Gasteiger partial charge is 0.303 e. The lowest BCUT2D eigenvalue weighted by Gasteiger charge is -1.98. The largest absolute Gasteiger partial charge is 0.481 e. The van der Waals surface area contributed by atoms with Gasteiger partial charge in [0, 0.05) is 6.42 Å². The molecule has 0 aromatic carbocycles. The summed E-state index contributed by atoms with van der Waals surface area (Å²) >= 11 is 0. The predicted octanol–water partition coefficient (Wildman–Crippen LogP) is 6.24. The molecule has 0 aliphatic heterocycles.